The summed E-state index contributed by atoms with van der Waals surface area (Å²) < 4.78 is 6.21. The van der Waals surface area contributed by atoms with Gasteiger partial charge in [0, 0.05) is 18.0 Å². The van der Waals surface area contributed by atoms with E-state index in [9.17, 15) is 0 Å². The van der Waals surface area contributed by atoms with Crippen molar-refractivity contribution < 1.29 is 4.74 Å². The monoisotopic (exact) mass is 289 g/mol. The second-order valence-electron chi connectivity index (χ2n) is 7.36. The van der Waals surface area contributed by atoms with Crippen LogP contribution in [0.2, 0.25) is 0 Å². The highest BCUT2D eigenvalue weighted by Gasteiger charge is 2.62. The first-order valence-electron chi connectivity index (χ1n) is 8.17. The van der Waals surface area contributed by atoms with E-state index in [1.54, 1.807) is 0 Å². The molecule has 2 fully saturated rings. The highest BCUT2D eigenvalue weighted by Crippen LogP contribution is 2.66. The van der Waals surface area contributed by atoms with Gasteiger partial charge in [-0.2, -0.15) is 5.10 Å². The molecule has 0 amide bonds. The Balaban J connectivity index is 1.68. The van der Waals surface area contributed by atoms with Crippen molar-refractivity contribution in [3.63, 3.8) is 0 Å². The third-order valence-electron chi connectivity index (χ3n) is 6.23. The van der Waals surface area contributed by atoms with Crippen molar-refractivity contribution in [2.45, 2.75) is 59.6 Å². The van der Waals surface area contributed by atoms with Crippen LogP contribution in [0.3, 0.4) is 0 Å². The molecule has 0 radical (unpaired) electrons. The summed E-state index contributed by atoms with van der Waals surface area (Å²) in [4.78, 5) is 0. The lowest BCUT2D eigenvalue weighted by Crippen LogP contribution is -2.39. The average Bonchev–Trinajstić information content (AvgIpc) is 2.80. The summed E-state index contributed by atoms with van der Waals surface area (Å²) in [6, 6.07) is 3.97. The molecule has 4 heteroatoms. The maximum atomic E-state index is 6.21. The second-order valence-corrected chi connectivity index (χ2v) is 7.36. The van der Waals surface area contributed by atoms with Crippen LogP contribution in [0.5, 0.6) is 5.88 Å². The van der Waals surface area contributed by atoms with E-state index >= 15 is 0 Å². The van der Waals surface area contributed by atoms with Gasteiger partial charge in [-0.3, -0.25) is 0 Å². The Bertz CT molecular complexity index is 499. The molecule has 0 aliphatic heterocycles. The van der Waals surface area contributed by atoms with E-state index in [1.807, 2.05) is 12.1 Å². The van der Waals surface area contributed by atoms with Crippen LogP contribution in [0.4, 0.5) is 0 Å². The number of hydrogen-bond donors (Lipinski definition) is 1. The molecule has 4 nitrogen and oxygen atoms in total. The van der Waals surface area contributed by atoms with Crippen molar-refractivity contribution in [1.82, 2.24) is 15.5 Å². The molecule has 0 aromatic carbocycles. The van der Waals surface area contributed by atoms with Gasteiger partial charge in [0.15, 0.2) is 0 Å². The van der Waals surface area contributed by atoms with Crippen LogP contribution in [0.1, 0.15) is 52.7 Å². The molecule has 2 aliphatic carbocycles. The molecule has 1 aromatic heterocycles. The molecule has 0 spiro atoms. The van der Waals surface area contributed by atoms with E-state index in [1.165, 1.54) is 12.8 Å². The summed E-state index contributed by atoms with van der Waals surface area (Å²) in [5.41, 5.74) is 1.60. The van der Waals surface area contributed by atoms with Crippen molar-refractivity contribution in [1.29, 1.82) is 0 Å². The van der Waals surface area contributed by atoms with E-state index in [0.29, 0.717) is 11.3 Å². The number of fused-ring (bicyclic) bond motifs is 2. The molecule has 3 unspecified atom stereocenters. The van der Waals surface area contributed by atoms with Gasteiger partial charge in [-0.05, 0) is 43.2 Å². The molecule has 1 heterocycles. The molecule has 2 bridgehead atoms. The van der Waals surface area contributed by atoms with Crippen molar-refractivity contribution in [3.05, 3.63) is 17.8 Å². The van der Waals surface area contributed by atoms with Gasteiger partial charge in [0.1, 0.15) is 6.10 Å². The van der Waals surface area contributed by atoms with E-state index in [0.717, 1.165) is 31.1 Å². The highest BCUT2D eigenvalue weighted by molar-refractivity contribution is 5.16. The van der Waals surface area contributed by atoms with E-state index in [2.05, 4.69) is 43.2 Å². The number of nitrogens with zero attached hydrogens (tertiary/aromatic N) is 2. The van der Waals surface area contributed by atoms with E-state index in [-0.39, 0.29) is 11.5 Å². The fourth-order valence-corrected chi connectivity index (χ4v) is 4.21. The second kappa shape index (κ2) is 5.24. The molecule has 116 valence electrons. The fraction of sp³-hybridized carbons (Fsp3) is 0.765. The zero-order valence-corrected chi connectivity index (χ0v) is 13.6. The molecule has 3 atom stereocenters. The minimum absolute atomic E-state index is 0.266. The number of rotatable bonds is 5. The van der Waals surface area contributed by atoms with E-state index < -0.39 is 0 Å². The van der Waals surface area contributed by atoms with Gasteiger partial charge in [-0.1, -0.05) is 27.7 Å². The van der Waals surface area contributed by atoms with Crippen LogP contribution in [0.25, 0.3) is 0 Å². The lowest BCUT2D eigenvalue weighted by atomic mass is 9.70. The minimum atomic E-state index is 0.266. The lowest BCUT2D eigenvalue weighted by Gasteiger charge is -2.38. The van der Waals surface area contributed by atoms with Crippen LogP contribution in [0.15, 0.2) is 12.1 Å². The molecule has 21 heavy (non-hydrogen) atoms. The molecule has 2 aliphatic rings. The normalized spacial score (nSPS) is 33.3. The summed E-state index contributed by atoms with van der Waals surface area (Å²) in [5.74, 6) is 1.46. The quantitative estimate of drug-likeness (QED) is 0.904. The summed E-state index contributed by atoms with van der Waals surface area (Å²) in [5, 5.41) is 11.7. The Kier molecular flexibility index (Phi) is 3.68. The van der Waals surface area contributed by atoms with Crippen LogP contribution >= 0.6 is 0 Å². The third-order valence-corrected chi connectivity index (χ3v) is 6.23. The summed E-state index contributed by atoms with van der Waals surface area (Å²) in [7, 11) is 0. The van der Waals surface area contributed by atoms with Gasteiger partial charge in [0.2, 0.25) is 5.88 Å². The minimum Gasteiger partial charge on any atom is -0.473 e. The van der Waals surface area contributed by atoms with Gasteiger partial charge >= 0.3 is 0 Å². The zero-order chi connectivity index (χ0) is 15.1. The zero-order valence-electron chi connectivity index (χ0n) is 13.6. The van der Waals surface area contributed by atoms with Gasteiger partial charge in [-0.15, -0.1) is 5.10 Å². The summed E-state index contributed by atoms with van der Waals surface area (Å²) >= 11 is 0. The fourth-order valence-electron chi connectivity index (χ4n) is 4.21. The van der Waals surface area contributed by atoms with Gasteiger partial charge in [0.25, 0.3) is 0 Å². The smallest absolute Gasteiger partial charge is 0.233 e. The molecule has 1 N–H and O–H groups in total. The van der Waals surface area contributed by atoms with Gasteiger partial charge in [-0.25, -0.2) is 0 Å². The summed E-state index contributed by atoms with van der Waals surface area (Å²) in [6.07, 6.45) is 4.04. The Morgan fingerprint density at radius 2 is 2.10 bits per heavy atom. The maximum Gasteiger partial charge on any atom is 0.233 e. The SMILES string of the molecule is CCNCc1ccc(OC2CC3CCC2(C)C3(C)C)nn1. The number of hydrogen-bond acceptors (Lipinski definition) is 4. The molecule has 3 rings (SSSR count). The van der Waals surface area contributed by atoms with Crippen LogP contribution in [-0.4, -0.2) is 22.8 Å². The Morgan fingerprint density at radius 3 is 2.62 bits per heavy atom. The first kappa shape index (κ1) is 14.8. The molecular weight excluding hydrogens is 262 g/mol. The summed E-state index contributed by atoms with van der Waals surface area (Å²) in [6.45, 7) is 11.0. The van der Waals surface area contributed by atoms with Crippen molar-refractivity contribution in [2.75, 3.05) is 6.54 Å². The third kappa shape index (κ3) is 2.33. The Hall–Kier alpha value is -1.16. The first-order chi connectivity index (χ1) is 9.97. The number of ether oxygens (including phenoxy) is 1. The van der Waals surface area contributed by atoms with Crippen LogP contribution < -0.4 is 10.1 Å². The first-order valence-corrected chi connectivity index (χ1v) is 8.17. The van der Waals surface area contributed by atoms with Crippen molar-refractivity contribution >= 4 is 0 Å². The van der Waals surface area contributed by atoms with Crippen LogP contribution in [-0.2, 0) is 6.54 Å². The molecular formula is C17H27N3O. The predicted octanol–water partition coefficient (Wildman–Crippen LogP) is 3.18. The average molecular weight is 289 g/mol. The largest absolute Gasteiger partial charge is 0.473 e. The Morgan fingerprint density at radius 1 is 1.29 bits per heavy atom. The molecule has 0 saturated heterocycles. The van der Waals surface area contributed by atoms with Crippen LogP contribution in [0, 0.1) is 16.7 Å². The number of aromatic nitrogens is 2. The maximum absolute atomic E-state index is 6.21. The predicted molar refractivity (Wildman–Crippen MR) is 83.1 cm³/mol. The Labute approximate surface area is 127 Å². The lowest BCUT2D eigenvalue weighted by molar-refractivity contribution is 0.0266. The van der Waals surface area contributed by atoms with Gasteiger partial charge in [0.05, 0.1) is 5.69 Å². The standard InChI is InChI=1S/C17H27N3O/c1-5-18-11-13-6-7-15(20-19-13)21-14-10-12-8-9-17(14,4)16(12,2)3/h6-7,12,14,18H,5,8-11H2,1-4H3. The van der Waals surface area contributed by atoms with Gasteiger partial charge < -0.3 is 10.1 Å². The highest BCUT2D eigenvalue weighted by atomic mass is 16.5. The van der Waals surface area contributed by atoms with E-state index in [4.69, 9.17) is 4.74 Å². The molecule has 1 aromatic rings. The number of nitrogens with one attached hydrogen (secondary N) is 1. The van der Waals surface area contributed by atoms with Crippen molar-refractivity contribution in [2.24, 2.45) is 16.7 Å². The van der Waals surface area contributed by atoms with Crippen molar-refractivity contribution in [3.8, 4) is 5.88 Å². The molecule has 2 saturated carbocycles. The topological polar surface area (TPSA) is 47.0 Å².